The minimum atomic E-state index is -0.174. The quantitative estimate of drug-likeness (QED) is 0.896. The summed E-state index contributed by atoms with van der Waals surface area (Å²) >= 11 is 3.40. The summed E-state index contributed by atoms with van der Waals surface area (Å²) in [5.41, 5.74) is 6.39. The third-order valence-electron chi connectivity index (χ3n) is 2.95. The third-order valence-corrected chi connectivity index (χ3v) is 3.39. The van der Waals surface area contributed by atoms with E-state index in [4.69, 9.17) is 5.73 Å². The maximum atomic E-state index is 11.0. The molecule has 0 spiro atoms. The fourth-order valence-electron chi connectivity index (χ4n) is 2.00. The Labute approximate surface area is 103 Å². The number of rotatable bonds is 2. The lowest BCUT2D eigenvalue weighted by molar-refractivity contribution is -0.122. The molecule has 0 saturated carbocycles. The van der Waals surface area contributed by atoms with E-state index in [9.17, 15) is 4.79 Å². The molecule has 0 aromatic carbocycles. The van der Waals surface area contributed by atoms with Gasteiger partial charge in [-0.1, -0.05) is 0 Å². The minimum absolute atomic E-state index is 0.0383. The van der Waals surface area contributed by atoms with Gasteiger partial charge in [0.25, 0.3) is 0 Å². The van der Waals surface area contributed by atoms with Gasteiger partial charge in [-0.25, -0.2) is 0 Å². The molecule has 1 amide bonds. The van der Waals surface area contributed by atoms with Crippen molar-refractivity contribution in [3.05, 3.63) is 22.9 Å². The number of aromatic nitrogens is 1. The van der Waals surface area contributed by atoms with Gasteiger partial charge in [-0.2, -0.15) is 0 Å². The second kappa shape index (κ2) is 4.82. The van der Waals surface area contributed by atoms with E-state index in [1.807, 2.05) is 12.3 Å². The van der Waals surface area contributed by atoms with Gasteiger partial charge >= 0.3 is 0 Å². The molecule has 16 heavy (non-hydrogen) atoms. The number of amides is 1. The smallest absolute Gasteiger partial charge is 0.220 e. The number of hydrogen-bond acceptors (Lipinski definition) is 3. The van der Waals surface area contributed by atoms with Gasteiger partial charge in [-0.05, 0) is 34.8 Å². The van der Waals surface area contributed by atoms with Crippen LogP contribution in [0.15, 0.2) is 22.9 Å². The van der Waals surface area contributed by atoms with Crippen LogP contribution in [0, 0.1) is 5.92 Å². The summed E-state index contributed by atoms with van der Waals surface area (Å²) in [5, 5.41) is 0. The lowest BCUT2D eigenvalue weighted by Crippen LogP contribution is -2.38. The van der Waals surface area contributed by atoms with Crippen molar-refractivity contribution in [1.29, 1.82) is 0 Å². The van der Waals surface area contributed by atoms with E-state index in [-0.39, 0.29) is 11.8 Å². The minimum Gasteiger partial charge on any atom is -0.370 e. The van der Waals surface area contributed by atoms with E-state index in [0.717, 1.165) is 36.1 Å². The van der Waals surface area contributed by atoms with Gasteiger partial charge < -0.3 is 10.6 Å². The lowest BCUT2D eigenvalue weighted by Gasteiger charge is -2.32. The zero-order valence-corrected chi connectivity index (χ0v) is 10.5. The Morgan fingerprint density at radius 3 is 2.69 bits per heavy atom. The Hall–Kier alpha value is -1.10. The molecule has 86 valence electrons. The average Bonchev–Trinajstić information content (AvgIpc) is 2.29. The van der Waals surface area contributed by atoms with Gasteiger partial charge in [0.2, 0.25) is 5.91 Å². The van der Waals surface area contributed by atoms with Crippen LogP contribution in [0.1, 0.15) is 12.8 Å². The van der Waals surface area contributed by atoms with Crippen LogP contribution in [0.3, 0.4) is 0 Å². The van der Waals surface area contributed by atoms with Crippen LogP contribution in [-0.4, -0.2) is 24.0 Å². The van der Waals surface area contributed by atoms with E-state index < -0.39 is 0 Å². The number of nitrogens with two attached hydrogens (primary N) is 1. The molecule has 1 saturated heterocycles. The topological polar surface area (TPSA) is 59.2 Å². The van der Waals surface area contributed by atoms with Crippen molar-refractivity contribution >= 4 is 27.5 Å². The predicted molar refractivity (Wildman–Crippen MR) is 66.1 cm³/mol. The van der Waals surface area contributed by atoms with Crippen LogP contribution in [0.4, 0.5) is 5.69 Å². The fourth-order valence-corrected chi connectivity index (χ4v) is 2.35. The predicted octanol–water partition coefficient (Wildman–Crippen LogP) is 1.55. The highest BCUT2D eigenvalue weighted by Gasteiger charge is 2.23. The molecule has 5 heteroatoms. The molecule has 2 rings (SSSR count). The molecule has 1 aliphatic heterocycles. The normalized spacial score (nSPS) is 17.4. The van der Waals surface area contributed by atoms with E-state index in [2.05, 4.69) is 25.8 Å². The van der Waals surface area contributed by atoms with Crippen LogP contribution >= 0.6 is 15.9 Å². The van der Waals surface area contributed by atoms with Crippen LogP contribution in [0.2, 0.25) is 0 Å². The number of piperidine rings is 1. The number of carbonyl (C=O) groups excluding carboxylic acids is 1. The first-order valence-electron chi connectivity index (χ1n) is 5.31. The first-order valence-corrected chi connectivity index (χ1v) is 6.11. The van der Waals surface area contributed by atoms with E-state index >= 15 is 0 Å². The Bertz CT molecular complexity index is 389. The Balaban J connectivity index is 2.01. The molecule has 1 aromatic heterocycles. The molecule has 0 bridgehead atoms. The highest BCUT2D eigenvalue weighted by atomic mass is 79.9. The zero-order chi connectivity index (χ0) is 11.5. The van der Waals surface area contributed by atoms with Gasteiger partial charge in [0.05, 0.1) is 11.9 Å². The maximum absolute atomic E-state index is 11.0. The lowest BCUT2D eigenvalue weighted by atomic mass is 9.96. The highest BCUT2D eigenvalue weighted by Crippen LogP contribution is 2.24. The summed E-state index contributed by atoms with van der Waals surface area (Å²) in [6.45, 7) is 1.73. The number of primary amides is 1. The molecule has 0 atom stereocenters. The van der Waals surface area contributed by atoms with Gasteiger partial charge in [0.15, 0.2) is 0 Å². The van der Waals surface area contributed by atoms with E-state index in [0.29, 0.717) is 0 Å². The van der Waals surface area contributed by atoms with Crippen LogP contribution in [0.5, 0.6) is 0 Å². The molecule has 4 nitrogen and oxygen atoms in total. The number of hydrogen-bond donors (Lipinski definition) is 1. The summed E-state index contributed by atoms with van der Waals surface area (Å²) in [6.07, 6.45) is 5.28. The molecule has 0 unspecified atom stereocenters. The number of anilines is 1. The van der Waals surface area contributed by atoms with Crippen LogP contribution in [-0.2, 0) is 4.79 Å². The summed E-state index contributed by atoms with van der Waals surface area (Å²) in [6, 6.07) is 2.04. The second-order valence-corrected chi connectivity index (χ2v) is 4.94. The van der Waals surface area contributed by atoms with Crippen molar-refractivity contribution in [1.82, 2.24) is 4.98 Å². The molecular formula is C11H14BrN3O. The third kappa shape index (κ3) is 2.52. The second-order valence-electron chi connectivity index (χ2n) is 4.03. The van der Waals surface area contributed by atoms with Crippen LogP contribution in [0.25, 0.3) is 0 Å². The van der Waals surface area contributed by atoms with Gasteiger partial charge in [0.1, 0.15) is 0 Å². The zero-order valence-electron chi connectivity index (χ0n) is 8.90. The Morgan fingerprint density at radius 1 is 1.44 bits per heavy atom. The molecule has 1 fully saturated rings. The van der Waals surface area contributed by atoms with Crippen molar-refractivity contribution in [3.8, 4) is 0 Å². The fraction of sp³-hybridized carbons (Fsp3) is 0.455. The molecule has 0 aliphatic carbocycles. The average molecular weight is 284 g/mol. The number of nitrogens with zero attached hydrogens (tertiary/aromatic N) is 2. The maximum Gasteiger partial charge on any atom is 0.220 e. The Morgan fingerprint density at radius 2 is 2.12 bits per heavy atom. The standard InChI is InChI=1S/C11H14BrN3O/c12-9-5-10(7-14-6-9)15-3-1-8(2-4-15)11(13)16/h5-8H,1-4H2,(H2,13,16). The summed E-state index contributed by atoms with van der Waals surface area (Å²) in [7, 11) is 0. The largest absolute Gasteiger partial charge is 0.370 e. The van der Waals surface area contributed by atoms with Crippen molar-refractivity contribution in [2.24, 2.45) is 11.7 Å². The first-order chi connectivity index (χ1) is 7.66. The number of halogens is 1. The van der Waals surface area contributed by atoms with Gasteiger partial charge in [-0.15, -0.1) is 0 Å². The SMILES string of the molecule is NC(=O)C1CCN(c2cncc(Br)c2)CC1. The summed E-state index contributed by atoms with van der Waals surface area (Å²) in [4.78, 5) is 17.4. The van der Waals surface area contributed by atoms with E-state index in [1.165, 1.54) is 0 Å². The van der Waals surface area contributed by atoms with Crippen molar-refractivity contribution in [2.45, 2.75) is 12.8 Å². The molecule has 1 aliphatic rings. The van der Waals surface area contributed by atoms with E-state index in [1.54, 1.807) is 6.20 Å². The van der Waals surface area contributed by atoms with Crippen molar-refractivity contribution < 1.29 is 4.79 Å². The monoisotopic (exact) mass is 283 g/mol. The number of carbonyl (C=O) groups is 1. The summed E-state index contributed by atoms with van der Waals surface area (Å²) < 4.78 is 0.974. The molecule has 1 aromatic rings. The molecule has 2 N–H and O–H groups in total. The molecule has 2 heterocycles. The van der Waals surface area contributed by atoms with Gasteiger partial charge in [-0.3, -0.25) is 9.78 Å². The molecule has 0 radical (unpaired) electrons. The number of pyridine rings is 1. The van der Waals surface area contributed by atoms with Crippen molar-refractivity contribution in [3.63, 3.8) is 0 Å². The first kappa shape index (κ1) is 11.4. The molecular weight excluding hydrogens is 270 g/mol. The van der Waals surface area contributed by atoms with Crippen molar-refractivity contribution in [2.75, 3.05) is 18.0 Å². The highest BCUT2D eigenvalue weighted by molar-refractivity contribution is 9.10. The van der Waals surface area contributed by atoms with Gasteiger partial charge in [0, 0.05) is 29.7 Å². The van der Waals surface area contributed by atoms with Crippen LogP contribution < -0.4 is 10.6 Å². The summed E-state index contributed by atoms with van der Waals surface area (Å²) in [5.74, 6) is -0.136. The Kier molecular flexibility index (Phi) is 3.43.